The molecule has 3 heterocycles. The number of β-amino-alcohol motifs (C(OH)–C–C–N with tert-alkyl or cyclic N) is 1. The van der Waals surface area contributed by atoms with Gasteiger partial charge in [0.25, 0.3) is 11.1 Å². The Labute approximate surface area is 138 Å². The highest BCUT2D eigenvalue weighted by atomic mass is 16.3. The van der Waals surface area contributed by atoms with Crippen molar-refractivity contribution < 1.29 is 5.11 Å². The number of aromatic amines is 1. The van der Waals surface area contributed by atoms with E-state index < -0.39 is 5.56 Å². The van der Waals surface area contributed by atoms with Crippen molar-refractivity contribution in [1.82, 2.24) is 14.5 Å². The third-order valence-corrected chi connectivity index (χ3v) is 4.46. The van der Waals surface area contributed by atoms with E-state index in [9.17, 15) is 14.7 Å². The van der Waals surface area contributed by atoms with Crippen molar-refractivity contribution in [3.63, 3.8) is 0 Å². The Morgan fingerprint density at radius 3 is 2.96 bits per heavy atom. The molecule has 0 saturated carbocycles. The van der Waals surface area contributed by atoms with Gasteiger partial charge in [0, 0.05) is 19.3 Å². The van der Waals surface area contributed by atoms with Crippen molar-refractivity contribution in [3.8, 4) is 6.07 Å². The van der Waals surface area contributed by atoms with Crippen LogP contribution in [0.5, 0.6) is 0 Å². The number of aliphatic hydroxyl groups excluding tert-OH is 1. The second kappa shape index (κ2) is 6.99. The van der Waals surface area contributed by atoms with Gasteiger partial charge in [-0.3, -0.25) is 9.59 Å². The molecule has 1 aliphatic heterocycles. The number of piperidine rings is 1. The summed E-state index contributed by atoms with van der Waals surface area (Å²) in [5.74, 6) is 0. The van der Waals surface area contributed by atoms with Gasteiger partial charge in [-0.05, 0) is 44.5 Å². The van der Waals surface area contributed by atoms with Gasteiger partial charge >= 0.3 is 0 Å². The first-order valence-electron chi connectivity index (χ1n) is 8.15. The van der Waals surface area contributed by atoms with E-state index in [1.54, 1.807) is 22.9 Å². The molecule has 1 fully saturated rings. The van der Waals surface area contributed by atoms with Crippen molar-refractivity contribution in [2.24, 2.45) is 0 Å². The number of rotatable bonds is 4. The van der Waals surface area contributed by atoms with E-state index in [-0.39, 0.29) is 17.2 Å². The summed E-state index contributed by atoms with van der Waals surface area (Å²) < 4.78 is 1.60. The van der Waals surface area contributed by atoms with Crippen LogP contribution >= 0.6 is 0 Å². The number of likely N-dealkylation sites (tertiary alicyclic amines) is 1. The Morgan fingerprint density at radius 1 is 1.38 bits per heavy atom. The highest BCUT2D eigenvalue weighted by molar-refractivity contribution is 5.78. The normalized spacial score (nSPS) is 18.6. The van der Waals surface area contributed by atoms with Gasteiger partial charge in [-0.15, -0.1) is 0 Å². The van der Waals surface area contributed by atoms with Gasteiger partial charge in [-0.1, -0.05) is 0 Å². The van der Waals surface area contributed by atoms with Crippen LogP contribution in [-0.2, 0) is 6.54 Å². The second-order valence-electron chi connectivity index (χ2n) is 6.22. The number of aliphatic hydroxyl groups is 1. The summed E-state index contributed by atoms with van der Waals surface area (Å²) in [5.41, 5.74) is -0.302. The van der Waals surface area contributed by atoms with Crippen LogP contribution in [0.25, 0.3) is 10.9 Å². The van der Waals surface area contributed by atoms with Crippen molar-refractivity contribution in [2.75, 3.05) is 19.6 Å². The summed E-state index contributed by atoms with van der Waals surface area (Å²) >= 11 is 0. The highest BCUT2D eigenvalue weighted by Crippen LogP contribution is 2.10. The van der Waals surface area contributed by atoms with Crippen LogP contribution in [0.15, 0.2) is 27.9 Å². The third-order valence-electron chi connectivity index (χ3n) is 4.46. The lowest BCUT2D eigenvalue weighted by atomic mass is 10.1. The first-order valence-corrected chi connectivity index (χ1v) is 8.15. The summed E-state index contributed by atoms with van der Waals surface area (Å²) in [4.78, 5) is 28.9. The van der Waals surface area contributed by atoms with E-state index in [2.05, 4.69) is 9.88 Å². The van der Waals surface area contributed by atoms with Crippen LogP contribution in [0.4, 0.5) is 0 Å². The number of H-pyrrole nitrogens is 1. The van der Waals surface area contributed by atoms with E-state index in [0.717, 1.165) is 32.4 Å². The number of hydrogen-bond donors (Lipinski definition) is 2. The van der Waals surface area contributed by atoms with Crippen LogP contribution < -0.4 is 11.1 Å². The van der Waals surface area contributed by atoms with E-state index in [1.165, 1.54) is 6.07 Å². The Bertz CT molecular complexity index is 893. The summed E-state index contributed by atoms with van der Waals surface area (Å²) in [7, 11) is 0. The van der Waals surface area contributed by atoms with Gasteiger partial charge < -0.3 is 19.6 Å². The first kappa shape index (κ1) is 16.4. The van der Waals surface area contributed by atoms with E-state index >= 15 is 0 Å². The summed E-state index contributed by atoms with van der Waals surface area (Å²) in [6.45, 7) is 3.06. The molecule has 0 radical (unpaired) electrons. The number of nitriles is 1. The molecule has 7 nitrogen and oxygen atoms in total. The van der Waals surface area contributed by atoms with Gasteiger partial charge in [0.2, 0.25) is 0 Å². The monoisotopic (exact) mass is 328 g/mol. The number of pyridine rings is 2. The minimum atomic E-state index is -0.481. The molecule has 2 aromatic rings. The molecule has 7 heteroatoms. The molecular formula is C17H20N4O3. The fourth-order valence-electron chi connectivity index (χ4n) is 3.20. The minimum absolute atomic E-state index is 0.0559. The number of aromatic nitrogens is 2. The fraction of sp³-hybridized carbons (Fsp3) is 0.471. The number of nitrogens with zero attached hydrogens (tertiary/aromatic N) is 3. The quantitative estimate of drug-likeness (QED) is 0.846. The fourth-order valence-corrected chi connectivity index (χ4v) is 3.20. The summed E-state index contributed by atoms with van der Waals surface area (Å²) in [6.07, 6.45) is 4.08. The number of nitrogens with one attached hydrogen (secondary N) is 1. The molecule has 2 aromatic heterocycles. The molecular weight excluding hydrogens is 308 g/mol. The number of fused-ring (bicyclic) bond motifs is 1. The predicted molar refractivity (Wildman–Crippen MR) is 89.8 cm³/mol. The summed E-state index contributed by atoms with van der Waals surface area (Å²) in [5, 5.41) is 19.0. The Balaban J connectivity index is 1.74. The molecule has 0 bridgehead atoms. The largest absolute Gasteiger partial charge is 0.392 e. The van der Waals surface area contributed by atoms with E-state index in [1.807, 2.05) is 0 Å². The minimum Gasteiger partial charge on any atom is -0.392 e. The zero-order valence-corrected chi connectivity index (χ0v) is 13.4. The van der Waals surface area contributed by atoms with Gasteiger partial charge in [-0.25, -0.2) is 0 Å². The molecule has 2 N–H and O–H groups in total. The zero-order chi connectivity index (χ0) is 17.1. The van der Waals surface area contributed by atoms with Crippen LogP contribution in [0.1, 0.15) is 24.8 Å². The SMILES string of the molecule is N#Cc1cc2c(=O)n(CCCN3CCC[C@@H](O)C3)ccc2[nH]c1=O. The Hall–Kier alpha value is -2.43. The molecule has 0 aliphatic carbocycles. The number of hydrogen-bond acceptors (Lipinski definition) is 5. The lowest BCUT2D eigenvalue weighted by Gasteiger charge is -2.29. The Kier molecular flexibility index (Phi) is 4.79. The maximum absolute atomic E-state index is 12.5. The zero-order valence-electron chi connectivity index (χ0n) is 13.4. The van der Waals surface area contributed by atoms with Crippen molar-refractivity contribution in [2.45, 2.75) is 31.9 Å². The van der Waals surface area contributed by atoms with Crippen molar-refractivity contribution in [1.29, 1.82) is 5.26 Å². The van der Waals surface area contributed by atoms with Gasteiger partial charge in [0.15, 0.2) is 0 Å². The molecule has 1 aliphatic rings. The third kappa shape index (κ3) is 3.40. The molecule has 126 valence electrons. The first-order chi connectivity index (χ1) is 11.6. The second-order valence-corrected chi connectivity index (χ2v) is 6.22. The lowest BCUT2D eigenvalue weighted by molar-refractivity contribution is 0.0695. The topological polar surface area (TPSA) is 102 Å². The molecule has 1 saturated heterocycles. The molecule has 1 atom stereocenters. The van der Waals surface area contributed by atoms with Crippen molar-refractivity contribution in [3.05, 3.63) is 44.6 Å². The average molecular weight is 328 g/mol. The predicted octanol–water partition coefficient (Wildman–Crippen LogP) is 0.408. The van der Waals surface area contributed by atoms with Gasteiger partial charge in [-0.2, -0.15) is 5.26 Å². The standard InChI is InChI=1S/C17H20N4O3/c18-10-12-9-14-15(19-16(12)23)4-8-21(17(14)24)7-2-6-20-5-1-3-13(22)11-20/h4,8-9,13,22H,1-3,5-7,11H2,(H,19,23)/t13-/m1/s1. The van der Waals surface area contributed by atoms with Crippen LogP contribution in [-0.4, -0.2) is 45.3 Å². The van der Waals surface area contributed by atoms with E-state index in [0.29, 0.717) is 24.0 Å². The van der Waals surface area contributed by atoms with Gasteiger partial charge in [0.1, 0.15) is 11.6 Å². The number of aryl methyl sites for hydroxylation is 1. The van der Waals surface area contributed by atoms with Crippen LogP contribution in [0.3, 0.4) is 0 Å². The lowest BCUT2D eigenvalue weighted by Crippen LogP contribution is -2.39. The summed E-state index contributed by atoms with van der Waals surface area (Å²) in [6, 6.07) is 4.84. The molecule has 3 rings (SSSR count). The maximum Gasteiger partial charge on any atom is 0.266 e. The molecule has 0 aromatic carbocycles. The maximum atomic E-state index is 12.5. The Morgan fingerprint density at radius 2 is 2.21 bits per heavy atom. The molecule has 0 spiro atoms. The molecule has 0 unspecified atom stereocenters. The van der Waals surface area contributed by atoms with Crippen LogP contribution in [0.2, 0.25) is 0 Å². The highest BCUT2D eigenvalue weighted by Gasteiger charge is 2.17. The van der Waals surface area contributed by atoms with E-state index in [4.69, 9.17) is 5.26 Å². The smallest absolute Gasteiger partial charge is 0.266 e. The van der Waals surface area contributed by atoms with Crippen molar-refractivity contribution >= 4 is 10.9 Å². The van der Waals surface area contributed by atoms with Gasteiger partial charge in [0.05, 0.1) is 17.0 Å². The molecule has 24 heavy (non-hydrogen) atoms. The van der Waals surface area contributed by atoms with Crippen LogP contribution in [0, 0.1) is 11.3 Å². The molecule has 0 amide bonds. The average Bonchev–Trinajstić information content (AvgIpc) is 2.57.